The lowest BCUT2D eigenvalue weighted by Gasteiger charge is -1.88. The van der Waals surface area contributed by atoms with Crippen LogP contribution < -0.4 is 5.19 Å². The van der Waals surface area contributed by atoms with Gasteiger partial charge < -0.3 is 0 Å². The van der Waals surface area contributed by atoms with Crippen molar-refractivity contribution in [1.29, 1.82) is 0 Å². The third kappa shape index (κ3) is 1.45. The van der Waals surface area contributed by atoms with Crippen molar-refractivity contribution in [1.82, 2.24) is 0 Å². The molecule has 0 unspecified atom stereocenters. The first-order valence-corrected chi connectivity index (χ1v) is 4.30. The Bertz CT molecular complexity index is 147. The van der Waals surface area contributed by atoms with Crippen LogP contribution in [0.1, 0.15) is 0 Å². The van der Waals surface area contributed by atoms with Crippen LogP contribution in [0.3, 0.4) is 0 Å². The Morgan fingerprint density at radius 1 is 1.12 bits per heavy atom. The second-order valence-corrected chi connectivity index (χ2v) is 3.87. The molecule has 0 aliphatic heterocycles. The minimum atomic E-state index is 1.15. The van der Waals surface area contributed by atoms with Crippen LogP contribution >= 0.6 is 15.9 Å². The number of rotatable bonds is 0. The van der Waals surface area contributed by atoms with Gasteiger partial charge >= 0.3 is 0 Å². The fourth-order valence-corrected chi connectivity index (χ4v) is 1.13. The minimum absolute atomic E-state index is 1.15. The SMILES string of the molecule is [SiH3]c1ccc(Br)cc1. The molecule has 0 fully saturated rings. The molecule has 0 radical (unpaired) electrons. The lowest BCUT2D eigenvalue weighted by Crippen LogP contribution is -1.97. The molecule has 0 saturated carbocycles. The Morgan fingerprint density at radius 2 is 1.62 bits per heavy atom. The van der Waals surface area contributed by atoms with Gasteiger partial charge in [0, 0.05) is 14.7 Å². The first kappa shape index (κ1) is 6.04. The largest absolute Gasteiger partial charge is 0.0707 e. The fourth-order valence-electron chi connectivity index (χ4n) is 0.533. The number of halogens is 1. The third-order valence-electron chi connectivity index (χ3n) is 1.01. The predicted molar refractivity (Wildman–Crippen MR) is 43.7 cm³/mol. The number of hydrogen-bond acceptors (Lipinski definition) is 0. The van der Waals surface area contributed by atoms with Gasteiger partial charge in [-0.2, -0.15) is 0 Å². The van der Waals surface area contributed by atoms with Gasteiger partial charge in [-0.15, -0.1) is 0 Å². The molecule has 42 valence electrons. The second-order valence-electron chi connectivity index (χ2n) is 1.80. The lowest BCUT2D eigenvalue weighted by atomic mass is 10.4. The van der Waals surface area contributed by atoms with Gasteiger partial charge in [0.1, 0.15) is 0 Å². The van der Waals surface area contributed by atoms with Crippen molar-refractivity contribution in [3.8, 4) is 0 Å². The minimum Gasteiger partial charge on any atom is -0.0707 e. The van der Waals surface area contributed by atoms with E-state index < -0.39 is 0 Å². The molecule has 0 nitrogen and oxygen atoms in total. The summed E-state index contributed by atoms with van der Waals surface area (Å²) in [5.41, 5.74) is 0. The van der Waals surface area contributed by atoms with E-state index in [1.54, 1.807) is 0 Å². The molecular formula is C6H7BrSi. The van der Waals surface area contributed by atoms with Crippen LogP contribution in [0.4, 0.5) is 0 Å². The molecule has 0 aliphatic rings. The van der Waals surface area contributed by atoms with Crippen molar-refractivity contribution in [2.75, 3.05) is 0 Å². The van der Waals surface area contributed by atoms with Gasteiger partial charge in [0.25, 0.3) is 0 Å². The lowest BCUT2D eigenvalue weighted by molar-refractivity contribution is 1.70. The Morgan fingerprint density at radius 3 is 2.00 bits per heavy atom. The molecule has 0 aliphatic carbocycles. The monoisotopic (exact) mass is 186 g/mol. The van der Waals surface area contributed by atoms with Gasteiger partial charge in [-0.05, 0) is 12.1 Å². The van der Waals surface area contributed by atoms with Crippen LogP contribution in [0, 0.1) is 0 Å². The summed E-state index contributed by atoms with van der Waals surface area (Å²) in [5, 5.41) is 1.44. The molecule has 1 aromatic rings. The van der Waals surface area contributed by atoms with E-state index in [0.717, 1.165) is 14.7 Å². The summed E-state index contributed by atoms with van der Waals surface area (Å²) in [4.78, 5) is 0. The smallest absolute Gasteiger partial charge is 0.0384 e. The van der Waals surface area contributed by atoms with E-state index in [-0.39, 0.29) is 0 Å². The Hall–Kier alpha value is -0.0831. The molecule has 0 spiro atoms. The normalized spacial score (nSPS) is 9.62. The highest BCUT2D eigenvalue weighted by Crippen LogP contribution is 2.04. The molecule has 0 N–H and O–H groups in total. The van der Waals surface area contributed by atoms with Crippen molar-refractivity contribution in [3.05, 3.63) is 28.7 Å². The average Bonchev–Trinajstić information content (AvgIpc) is 1.77. The van der Waals surface area contributed by atoms with Gasteiger partial charge in [-0.3, -0.25) is 0 Å². The fraction of sp³-hybridized carbons (Fsp3) is 0. The van der Waals surface area contributed by atoms with E-state index in [0.29, 0.717) is 0 Å². The maximum absolute atomic E-state index is 3.36. The molecule has 0 heterocycles. The highest BCUT2D eigenvalue weighted by molar-refractivity contribution is 9.10. The molecule has 1 aromatic carbocycles. The standard InChI is InChI=1S/C6H7BrSi/c7-5-1-3-6(8)4-2-5/h1-4H,8H3. The Labute approximate surface area is 60.5 Å². The zero-order valence-corrected chi connectivity index (χ0v) is 8.27. The first-order valence-electron chi connectivity index (χ1n) is 2.51. The Kier molecular flexibility index (Phi) is 1.86. The van der Waals surface area contributed by atoms with E-state index >= 15 is 0 Å². The van der Waals surface area contributed by atoms with E-state index in [9.17, 15) is 0 Å². The topological polar surface area (TPSA) is 0 Å². The van der Waals surface area contributed by atoms with E-state index in [1.807, 2.05) is 0 Å². The van der Waals surface area contributed by atoms with E-state index in [4.69, 9.17) is 0 Å². The second kappa shape index (κ2) is 2.46. The highest BCUT2D eigenvalue weighted by Gasteiger charge is 1.81. The van der Waals surface area contributed by atoms with Crippen LogP contribution in [0.15, 0.2) is 28.7 Å². The van der Waals surface area contributed by atoms with Crippen LogP contribution in [-0.2, 0) is 0 Å². The molecule has 0 bridgehead atoms. The van der Waals surface area contributed by atoms with Gasteiger partial charge in [0.05, 0.1) is 0 Å². The van der Waals surface area contributed by atoms with Crippen LogP contribution in [0.5, 0.6) is 0 Å². The van der Waals surface area contributed by atoms with Gasteiger partial charge in [0.15, 0.2) is 0 Å². The average molecular weight is 187 g/mol. The van der Waals surface area contributed by atoms with Crippen LogP contribution in [0.25, 0.3) is 0 Å². The molecule has 1 rings (SSSR count). The zero-order valence-electron chi connectivity index (χ0n) is 4.69. The van der Waals surface area contributed by atoms with Gasteiger partial charge in [-0.25, -0.2) is 0 Å². The van der Waals surface area contributed by atoms with Crippen LogP contribution in [-0.4, -0.2) is 10.2 Å². The Balaban J connectivity index is 3.03. The molecule has 0 saturated heterocycles. The first-order chi connectivity index (χ1) is 3.79. The molecule has 0 atom stereocenters. The molecule has 0 aromatic heterocycles. The molecule has 2 heteroatoms. The quantitative estimate of drug-likeness (QED) is 0.517. The van der Waals surface area contributed by atoms with Crippen molar-refractivity contribution < 1.29 is 0 Å². The van der Waals surface area contributed by atoms with Crippen molar-refractivity contribution >= 4 is 31.4 Å². The maximum atomic E-state index is 3.36. The number of hydrogen-bond donors (Lipinski definition) is 0. The molecular weight excluding hydrogens is 180 g/mol. The van der Waals surface area contributed by atoms with Crippen LogP contribution in [0.2, 0.25) is 0 Å². The highest BCUT2D eigenvalue weighted by atomic mass is 79.9. The van der Waals surface area contributed by atoms with Crippen molar-refractivity contribution in [3.63, 3.8) is 0 Å². The third-order valence-corrected chi connectivity index (χ3v) is 2.21. The van der Waals surface area contributed by atoms with Crippen molar-refractivity contribution in [2.24, 2.45) is 0 Å². The summed E-state index contributed by atoms with van der Waals surface area (Å²) in [6.07, 6.45) is 0. The van der Waals surface area contributed by atoms with E-state index in [2.05, 4.69) is 40.2 Å². The molecule has 0 amide bonds. The summed E-state index contributed by atoms with van der Waals surface area (Å²) in [6.45, 7) is 0. The number of benzene rings is 1. The summed E-state index contributed by atoms with van der Waals surface area (Å²) >= 11 is 3.36. The van der Waals surface area contributed by atoms with Gasteiger partial charge in [0.2, 0.25) is 0 Å². The van der Waals surface area contributed by atoms with Crippen molar-refractivity contribution in [2.45, 2.75) is 0 Å². The molecule has 8 heavy (non-hydrogen) atoms. The zero-order chi connectivity index (χ0) is 5.98. The predicted octanol–water partition coefficient (Wildman–Crippen LogP) is 0.440. The summed E-state index contributed by atoms with van der Waals surface area (Å²) < 4.78 is 1.16. The van der Waals surface area contributed by atoms with E-state index in [1.165, 1.54) is 5.19 Å². The summed E-state index contributed by atoms with van der Waals surface area (Å²) in [6, 6.07) is 8.41. The maximum Gasteiger partial charge on any atom is 0.0384 e. The summed E-state index contributed by atoms with van der Waals surface area (Å²) in [5.74, 6) is 0. The van der Waals surface area contributed by atoms with Gasteiger partial charge in [-0.1, -0.05) is 33.2 Å². The summed E-state index contributed by atoms with van der Waals surface area (Å²) in [7, 11) is 1.15.